The maximum absolute atomic E-state index is 4.29. The molecule has 0 aliphatic heterocycles. The molecule has 1 fully saturated rings. The minimum absolute atomic E-state index is 0.448. The Balaban J connectivity index is 2.03. The molecule has 75 valence electrons. The molecule has 1 heterocycles. The summed E-state index contributed by atoms with van der Waals surface area (Å²) in [7, 11) is 0. The van der Waals surface area contributed by atoms with Crippen molar-refractivity contribution in [1.82, 2.24) is 4.98 Å². The first kappa shape index (κ1) is 9.70. The number of hydrogen-bond acceptors (Lipinski definition) is 1. The van der Waals surface area contributed by atoms with E-state index in [-0.39, 0.29) is 0 Å². The third kappa shape index (κ3) is 2.14. The van der Waals surface area contributed by atoms with Gasteiger partial charge in [-0.1, -0.05) is 25.3 Å². The average Bonchev–Trinajstić information content (AvgIpc) is 2.30. The van der Waals surface area contributed by atoms with Crippen molar-refractivity contribution in [2.75, 3.05) is 0 Å². The Hall–Kier alpha value is -0.850. The van der Waals surface area contributed by atoms with Gasteiger partial charge in [-0.25, -0.2) is 0 Å². The second kappa shape index (κ2) is 4.59. The van der Waals surface area contributed by atoms with Crippen LogP contribution in [0.3, 0.4) is 0 Å². The van der Waals surface area contributed by atoms with E-state index in [1.165, 1.54) is 37.7 Å². The molecule has 1 heteroatoms. The standard InChI is InChI=1S/C13H18N/c1-11(12-6-3-2-4-7-12)13-8-5-9-14-10-13/h5,8-12H,1-4,6-7H2. The summed E-state index contributed by atoms with van der Waals surface area (Å²) in [5.41, 5.74) is 1.31. The third-order valence-electron chi connectivity index (χ3n) is 3.33. The second-order valence-electron chi connectivity index (χ2n) is 4.29. The van der Waals surface area contributed by atoms with E-state index in [9.17, 15) is 0 Å². The van der Waals surface area contributed by atoms with E-state index >= 15 is 0 Å². The summed E-state index contributed by atoms with van der Waals surface area (Å²) in [6, 6.07) is 4.16. The van der Waals surface area contributed by atoms with Gasteiger partial charge in [0.2, 0.25) is 0 Å². The highest BCUT2D eigenvalue weighted by Gasteiger charge is 2.21. The lowest BCUT2D eigenvalue weighted by Gasteiger charge is -2.27. The molecule has 0 bridgehead atoms. The van der Waals surface area contributed by atoms with Gasteiger partial charge in [0.25, 0.3) is 0 Å². The zero-order valence-corrected chi connectivity index (χ0v) is 8.65. The molecule has 1 aromatic rings. The molecule has 1 aromatic heterocycles. The van der Waals surface area contributed by atoms with Crippen LogP contribution in [-0.2, 0) is 0 Å². The summed E-state index contributed by atoms with van der Waals surface area (Å²) in [4.78, 5) is 4.16. The van der Waals surface area contributed by atoms with Gasteiger partial charge < -0.3 is 0 Å². The predicted molar refractivity (Wildman–Crippen MR) is 58.9 cm³/mol. The smallest absolute Gasteiger partial charge is 0.0302 e. The Morgan fingerprint density at radius 3 is 2.71 bits per heavy atom. The van der Waals surface area contributed by atoms with Crippen LogP contribution in [0.2, 0.25) is 0 Å². The minimum atomic E-state index is 0.448. The number of aromatic nitrogens is 1. The van der Waals surface area contributed by atoms with E-state index in [0.717, 1.165) is 5.92 Å². The van der Waals surface area contributed by atoms with Gasteiger partial charge in [-0.2, -0.15) is 0 Å². The van der Waals surface area contributed by atoms with Gasteiger partial charge in [0, 0.05) is 12.4 Å². The average molecular weight is 188 g/mol. The fourth-order valence-electron chi connectivity index (χ4n) is 2.40. The SMILES string of the molecule is [CH2]C(c1cccnc1)C1CCCCC1. The van der Waals surface area contributed by atoms with Crippen molar-refractivity contribution in [3.63, 3.8) is 0 Å². The molecule has 1 aliphatic carbocycles. The molecule has 0 saturated heterocycles. The van der Waals surface area contributed by atoms with E-state index in [2.05, 4.69) is 18.0 Å². The monoisotopic (exact) mass is 188 g/mol. The van der Waals surface area contributed by atoms with Crippen LogP contribution < -0.4 is 0 Å². The number of rotatable bonds is 2. The lowest BCUT2D eigenvalue weighted by atomic mass is 9.78. The largest absolute Gasteiger partial charge is 0.264 e. The van der Waals surface area contributed by atoms with Gasteiger partial charge in [-0.05, 0) is 43.2 Å². The van der Waals surface area contributed by atoms with E-state index in [1.54, 1.807) is 0 Å². The molecule has 2 rings (SSSR count). The van der Waals surface area contributed by atoms with E-state index in [4.69, 9.17) is 0 Å². The van der Waals surface area contributed by atoms with Crippen molar-refractivity contribution in [3.8, 4) is 0 Å². The first-order valence-corrected chi connectivity index (χ1v) is 5.61. The maximum Gasteiger partial charge on any atom is 0.0302 e. The number of pyridine rings is 1. The zero-order chi connectivity index (χ0) is 9.80. The van der Waals surface area contributed by atoms with Crippen LogP contribution >= 0.6 is 0 Å². The third-order valence-corrected chi connectivity index (χ3v) is 3.33. The highest BCUT2D eigenvalue weighted by atomic mass is 14.6. The van der Waals surface area contributed by atoms with Crippen molar-refractivity contribution >= 4 is 0 Å². The van der Waals surface area contributed by atoms with Crippen LogP contribution in [0.15, 0.2) is 24.5 Å². The van der Waals surface area contributed by atoms with Crippen molar-refractivity contribution in [2.24, 2.45) is 5.92 Å². The minimum Gasteiger partial charge on any atom is -0.264 e. The Labute approximate surface area is 86.6 Å². The molecule has 1 atom stereocenters. The summed E-state index contributed by atoms with van der Waals surface area (Å²) in [5, 5.41) is 0. The molecule has 14 heavy (non-hydrogen) atoms. The molecule has 1 saturated carbocycles. The first-order valence-electron chi connectivity index (χ1n) is 5.61. The van der Waals surface area contributed by atoms with Crippen molar-refractivity contribution in [3.05, 3.63) is 37.0 Å². The molecule has 1 radical (unpaired) electrons. The summed E-state index contributed by atoms with van der Waals surface area (Å²) >= 11 is 0. The van der Waals surface area contributed by atoms with Gasteiger partial charge in [0.15, 0.2) is 0 Å². The lowest BCUT2D eigenvalue weighted by Crippen LogP contribution is -2.14. The van der Waals surface area contributed by atoms with Crippen LogP contribution in [0.4, 0.5) is 0 Å². The first-order chi connectivity index (χ1) is 6.88. The molecular formula is C13H18N. The molecule has 1 aliphatic rings. The zero-order valence-electron chi connectivity index (χ0n) is 8.65. The topological polar surface area (TPSA) is 12.9 Å². The van der Waals surface area contributed by atoms with E-state index in [1.807, 2.05) is 18.5 Å². The fraction of sp³-hybridized carbons (Fsp3) is 0.538. The molecule has 1 nitrogen and oxygen atoms in total. The summed E-state index contributed by atoms with van der Waals surface area (Å²) < 4.78 is 0. The summed E-state index contributed by atoms with van der Waals surface area (Å²) in [6.07, 6.45) is 10.7. The Bertz CT molecular complexity index is 262. The molecule has 0 amide bonds. The van der Waals surface area contributed by atoms with E-state index in [0.29, 0.717) is 5.92 Å². The van der Waals surface area contributed by atoms with Crippen LogP contribution in [0.1, 0.15) is 43.6 Å². The van der Waals surface area contributed by atoms with Crippen LogP contribution in [0, 0.1) is 12.8 Å². The molecule has 0 N–H and O–H groups in total. The van der Waals surface area contributed by atoms with Crippen molar-refractivity contribution in [2.45, 2.75) is 38.0 Å². The van der Waals surface area contributed by atoms with Crippen LogP contribution in [0.25, 0.3) is 0 Å². The van der Waals surface area contributed by atoms with Gasteiger partial charge in [-0.3, -0.25) is 4.98 Å². The van der Waals surface area contributed by atoms with Crippen molar-refractivity contribution in [1.29, 1.82) is 0 Å². The quantitative estimate of drug-likeness (QED) is 0.691. The van der Waals surface area contributed by atoms with Crippen LogP contribution in [-0.4, -0.2) is 4.98 Å². The Morgan fingerprint density at radius 1 is 1.29 bits per heavy atom. The maximum atomic E-state index is 4.29. The predicted octanol–water partition coefficient (Wildman–Crippen LogP) is 3.58. The highest BCUT2D eigenvalue weighted by molar-refractivity contribution is 5.17. The van der Waals surface area contributed by atoms with E-state index < -0.39 is 0 Å². The molecule has 1 unspecified atom stereocenters. The van der Waals surface area contributed by atoms with Crippen LogP contribution in [0.5, 0.6) is 0 Å². The second-order valence-corrected chi connectivity index (χ2v) is 4.29. The molecule has 0 aromatic carbocycles. The summed E-state index contributed by atoms with van der Waals surface area (Å²) in [6.45, 7) is 4.29. The highest BCUT2D eigenvalue weighted by Crippen LogP contribution is 2.34. The Morgan fingerprint density at radius 2 is 2.07 bits per heavy atom. The van der Waals surface area contributed by atoms with Gasteiger partial charge in [0.05, 0.1) is 0 Å². The van der Waals surface area contributed by atoms with Gasteiger partial charge in [0.1, 0.15) is 0 Å². The lowest BCUT2D eigenvalue weighted by molar-refractivity contribution is 0.330. The molecular weight excluding hydrogens is 170 g/mol. The normalized spacial score (nSPS) is 20.6. The van der Waals surface area contributed by atoms with Gasteiger partial charge >= 0.3 is 0 Å². The molecule has 0 spiro atoms. The Kier molecular flexibility index (Phi) is 3.18. The number of hydrogen-bond donors (Lipinski definition) is 0. The van der Waals surface area contributed by atoms with Crippen molar-refractivity contribution < 1.29 is 0 Å². The summed E-state index contributed by atoms with van der Waals surface area (Å²) in [5.74, 6) is 1.23. The van der Waals surface area contributed by atoms with Gasteiger partial charge in [-0.15, -0.1) is 0 Å². The fourth-order valence-corrected chi connectivity index (χ4v) is 2.40. The number of nitrogens with zero attached hydrogens (tertiary/aromatic N) is 1.